The van der Waals surface area contributed by atoms with Gasteiger partial charge in [-0.05, 0) is 74.2 Å². The molecule has 0 aliphatic carbocycles. The molecule has 2 aromatic heterocycles. The lowest BCUT2D eigenvalue weighted by molar-refractivity contribution is -0.121. The molecule has 2 fully saturated rings. The Labute approximate surface area is 252 Å². The molecule has 43 heavy (non-hydrogen) atoms. The first kappa shape index (κ1) is 26.5. The standard InChI is InChI=1S/C32H32FN7O2S/c33-25-15-21(20-3-5-22(6-4-20)39-17-32(18-39)7-9-34-10-8-32)14-23-24(25)16-40(30(23)42)28(29(41)37-31-35-11-13-43-31)27-26-2-1-12-38(26)19-36-27/h3-6,11,13-15,19,28,34H,1-2,7-10,12,16-18H2,(H,35,37,41). The average molecular weight is 598 g/mol. The SMILES string of the molecule is O=C(Nc1nccs1)C(c1ncn2c1CCC2)N1Cc2c(F)cc(-c3ccc(N4CC5(CCNCC5)C4)cc3)cc2C1=O. The van der Waals surface area contributed by atoms with E-state index in [4.69, 9.17) is 0 Å². The number of fused-ring (bicyclic) bond motifs is 2. The van der Waals surface area contributed by atoms with Crippen LogP contribution in [0.1, 0.15) is 52.6 Å². The Hall–Kier alpha value is -4.09. The Bertz CT molecular complexity index is 1700. The molecule has 1 spiro atoms. The first-order chi connectivity index (χ1) is 21.0. The van der Waals surface area contributed by atoms with E-state index >= 15 is 4.39 Å². The second-order valence-electron chi connectivity index (χ2n) is 12.2. The molecule has 8 rings (SSSR count). The maximum atomic E-state index is 15.7. The second kappa shape index (κ2) is 10.3. The highest BCUT2D eigenvalue weighted by molar-refractivity contribution is 7.13. The summed E-state index contributed by atoms with van der Waals surface area (Å²) in [7, 11) is 0. The molecule has 2 amide bonds. The third kappa shape index (κ3) is 4.53. The summed E-state index contributed by atoms with van der Waals surface area (Å²) >= 11 is 1.30. The highest BCUT2D eigenvalue weighted by atomic mass is 32.1. The largest absolute Gasteiger partial charge is 0.370 e. The Morgan fingerprint density at radius 3 is 2.67 bits per heavy atom. The van der Waals surface area contributed by atoms with E-state index in [0.717, 1.165) is 56.8 Å². The normalized spacial score (nSPS) is 19.3. The molecule has 1 atom stereocenters. The molecule has 220 valence electrons. The Morgan fingerprint density at radius 2 is 1.91 bits per heavy atom. The van der Waals surface area contributed by atoms with Gasteiger partial charge in [-0.2, -0.15) is 0 Å². The van der Waals surface area contributed by atoms with Gasteiger partial charge in [-0.1, -0.05) is 12.1 Å². The number of imidazole rings is 1. The van der Waals surface area contributed by atoms with Crippen molar-refractivity contribution in [2.24, 2.45) is 5.41 Å². The molecule has 4 aromatic rings. The number of halogens is 1. The number of piperidine rings is 1. The van der Waals surface area contributed by atoms with Crippen molar-refractivity contribution < 1.29 is 14.0 Å². The van der Waals surface area contributed by atoms with Crippen molar-refractivity contribution in [1.29, 1.82) is 0 Å². The van der Waals surface area contributed by atoms with Crippen LogP contribution < -0.4 is 15.5 Å². The number of aryl methyl sites for hydroxylation is 1. The minimum atomic E-state index is -1.000. The van der Waals surface area contributed by atoms with Crippen LogP contribution in [0.25, 0.3) is 11.1 Å². The lowest BCUT2D eigenvalue weighted by Gasteiger charge is -2.53. The Balaban J connectivity index is 1.06. The van der Waals surface area contributed by atoms with E-state index in [2.05, 4.69) is 37.6 Å². The van der Waals surface area contributed by atoms with Crippen LogP contribution in [0.15, 0.2) is 54.3 Å². The molecule has 2 saturated heterocycles. The summed E-state index contributed by atoms with van der Waals surface area (Å²) in [6, 6.07) is 10.4. The number of rotatable bonds is 6. The lowest BCUT2D eigenvalue weighted by Crippen LogP contribution is -2.60. The van der Waals surface area contributed by atoms with Crippen LogP contribution >= 0.6 is 11.3 Å². The molecule has 4 aliphatic heterocycles. The van der Waals surface area contributed by atoms with Gasteiger partial charge >= 0.3 is 0 Å². The van der Waals surface area contributed by atoms with Crippen LogP contribution in [0.4, 0.5) is 15.2 Å². The topological polar surface area (TPSA) is 95.4 Å². The zero-order valence-corrected chi connectivity index (χ0v) is 24.5. The van der Waals surface area contributed by atoms with Crippen molar-refractivity contribution in [3.63, 3.8) is 0 Å². The molecule has 0 saturated carbocycles. The van der Waals surface area contributed by atoms with Gasteiger partial charge in [-0.25, -0.2) is 14.4 Å². The highest BCUT2D eigenvalue weighted by Gasteiger charge is 2.44. The summed E-state index contributed by atoms with van der Waals surface area (Å²) in [5.74, 6) is -1.23. The summed E-state index contributed by atoms with van der Waals surface area (Å²) in [5, 5.41) is 8.51. The van der Waals surface area contributed by atoms with E-state index < -0.39 is 17.8 Å². The summed E-state index contributed by atoms with van der Waals surface area (Å²) in [4.78, 5) is 40.2. The van der Waals surface area contributed by atoms with E-state index in [-0.39, 0.29) is 18.0 Å². The molecule has 6 heterocycles. The minimum absolute atomic E-state index is 0.00625. The number of nitrogens with zero attached hydrogens (tertiary/aromatic N) is 5. The second-order valence-corrected chi connectivity index (χ2v) is 13.1. The lowest BCUT2D eigenvalue weighted by atomic mass is 9.72. The molecular formula is C32H32FN7O2S. The average Bonchev–Trinajstić information content (AvgIpc) is 3.81. The van der Waals surface area contributed by atoms with Crippen LogP contribution in [-0.4, -0.2) is 57.4 Å². The molecule has 2 N–H and O–H groups in total. The van der Waals surface area contributed by atoms with E-state index in [0.29, 0.717) is 27.4 Å². The third-order valence-corrected chi connectivity index (χ3v) is 10.3. The summed E-state index contributed by atoms with van der Waals surface area (Å²) in [6.45, 7) is 5.15. The molecule has 2 aromatic carbocycles. The van der Waals surface area contributed by atoms with Crippen LogP contribution in [0.5, 0.6) is 0 Å². The fourth-order valence-electron chi connectivity index (χ4n) is 7.25. The van der Waals surface area contributed by atoms with Crippen LogP contribution in [-0.2, 0) is 24.3 Å². The number of hydrogen-bond acceptors (Lipinski definition) is 7. The predicted octanol–water partition coefficient (Wildman–Crippen LogP) is 4.62. The van der Waals surface area contributed by atoms with Crippen LogP contribution in [0.2, 0.25) is 0 Å². The molecule has 9 nitrogen and oxygen atoms in total. The van der Waals surface area contributed by atoms with Gasteiger partial charge in [0.1, 0.15) is 5.82 Å². The van der Waals surface area contributed by atoms with Crippen molar-refractivity contribution in [2.75, 3.05) is 36.4 Å². The van der Waals surface area contributed by atoms with Crippen molar-refractivity contribution in [2.45, 2.75) is 44.8 Å². The number of carbonyl (C=O) groups is 2. The number of thiazole rings is 1. The number of amides is 2. The van der Waals surface area contributed by atoms with Crippen molar-refractivity contribution >= 4 is 34.0 Å². The molecular weight excluding hydrogens is 565 g/mol. The van der Waals surface area contributed by atoms with Crippen molar-refractivity contribution in [3.8, 4) is 11.1 Å². The Morgan fingerprint density at radius 1 is 1.09 bits per heavy atom. The first-order valence-electron chi connectivity index (χ1n) is 14.9. The summed E-state index contributed by atoms with van der Waals surface area (Å²) < 4.78 is 17.7. The highest BCUT2D eigenvalue weighted by Crippen LogP contribution is 2.42. The quantitative estimate of drug-likeness (QED) is 0.337. The number of hydrogen-bond donors (Lipinski definition) is 2. The van der Waals surface area contributed by atoms with Gasteiger partial charge in [-0.3, -0.25) is 14.9 Å². The summed E-state index contributed by atoms with van der Waals surface area (Å²) in [5.41, 5.74) is 5.17. The number of anilines is 2. The van der Waals surface area contributed by atoms with Gasteiger partial charge in [0.05, 0.1) is 18.6 Å². The Kier molecular flexibility index (Phi) is 6.34. The van der Waals surface area contributed by atoms with Gasteiger partial charge < -0.3 is 19.7 Å². The van der Waals surface area contributed by atoms with Gasteiger partial charge in [0, 0.05) is 59.1 Å². The number of nitrogens with one attached hydrogen (secondary N) is 2. The van der Waals surface area contributed by atoms with Gasteiger partial charge in [0.25, 0.3) is 11.8 Å². The maximum absolute atomic E-state index is 15.7. The fourth-order valence-corrected chi connectivity index (χ4v) is 7.78. The molecule has 4 aliphatic rings. The van der Waals surface area contributed by atoms with Gasteiger partial charge in [-0.15, -0.1) is 11.3 Å². The van der Waals surface area contributed by atoms with Crippen molar-refractivity contribution in [3.05, 3.63) is 82.6 Å². The zero-order chi connectivity index (χ0) is 29.1. The maximum Gasteiger partial charge on any atom is 0.255 e. The fraction of sp³-hybridized carbons (Fsp3) is 0.375. The molecule has 1 unspecified atom stereocenters. The number of benzene rings is 2. The minimum Gasteiger partial charge on any atom is -0.370 e. The predicted molar refractivity (Wildman–Crippen MR) is 162 cm³/mol. The molecule has 0 radical (unpaired) electrons. The third-order valence-electron chi connectivity index (χ3n) is 9.57. The van der Waals surface area contributed by atoms with E-state index in [1.165, 1.54) is 40.8 Å². The van der Waals surface area contributed by atoms with E-state index in [1.54, 1.807) is 24.0 Å². The molecule has 11 heteroatoms. The smallest absolute Gasteiger partial charge is 0.255 e. The molecule has 0 bridgehead atoms. The van der Waals surface area contributed by atoms with Crippen LogP contribution in [0.3, 0.4) is 0 Å². The summed E-state index contributed by atoms with van der Waals surface area (Å²) in [6.07, 6.45) is 7.50. The van der Waals surface area contributed by atoms with Gasteiger partial charge in [0.15, 0.2) is 11.2 Å². The number of carbonyl (C=O) groups excluding carboxylic acids is 2. The van der Waals surface area contributed by atoms with Gasteiger partial charge in [0.2, 0.25) is 0 Å². The van der Waals surface area contributed by atoms with E-state index in [1.807, 2.05) is 16.7 Å². The van der Waals surface area contributed by atoms with Crippen LogP contribution in [0, 0.1) is 11.2 Å². The monoisotopic (exact) mass is 597 g/mol. The number of aromatic nitrogens is 3. The van der Waals surface area contributed by atoms with E-state index in [9.17, 15) is 9.59 Å². The zero-order valence-electron chi connectivity index (χ0n) is 23.7. The van der Waals surface area contributed by atoms with Crippen molar-refractivity contribution in [1.82, 2.24) is 24.8 Å². The first-order valence-corrected chi connectivity index (χ1v) is 15.8.